The average Bonchev–Trinajstić information content (AvgIpc) is 2.65. The molecule has 1 aliphatic heterocycles. The molecule has 1 saturated carbocycles. The normalized spacial score (nSPS) is 23.9. The highest BCUT2D eigenvalue weighted by Gasteiger charge is 2.37. The van der Waals surface area contributed by atoms with Gasteiger partial charge in [0.25, 0.3) is 10.0 Å². The van der Waals surface area contributed by atoms with E-state index in [1.165, 1.54) is 0 Å². The average molecular weight is 294 g/mol. The molecule has 0 saturated heterocycles. The number of hydrogen-bond acceptors (Lipinski definition) is 4. The van der Waals surface area contributed by atoms with Crippen LogP contribution in [0.15, 0.2) is 34.2 Å². The Kier molecular flexibility index (Phi) is 3.30. The molecule has 0 spiro atoms. The molecule has 108 valence electrons. The van der Waals surface area contributed by atoms with Gasteiger partial charge >= 0.3 is 0 Å². The minimum Gasteiger partial charge on any atom is -0.396 e. The molecule has 5 nitrogen and oxygen atoms in total. The number of hydrogen-bond donors (Lipinski definition) is 2. The second-order valence-electron chi connectivity index (χ2n) is 5.59. The Morgan fingerprint density at radius 1 is 1.30 bits per heavy atom. The van der Waals surface area contributed by atoms with E-state index in [1.54, 1.807) is 18.2 Å². The lowest BCUT2D eigenvalue weighted by atomic mass is 9.67. The zero-order valence-corrected chi connectivity index (χ0v) is 12.0. The summed E-state index contributed by atoms with van der Waals surface area (Å²) in [5.74, 6) is 0.435. The van der Waals surface area contributed by atoms with Crippen molar-refractivity contribution in [1.29, 1.82) is 0 Å². The first-order valence-electron chi connectivity index (χ1n) is 6.84. The van der Waals surface area contributed by atoms with Crippen LogP contribution in [0.1, 0.15) is 31.2 Å². The van der Waals surface area contributed by atoms with Crippen LogP contribution < -0.4 is 4.72 Å². The first kappa shape index (κ1) is 13.6. The molecule has 3 rings (SSSR count). The van der Waals surface area contributed by atoms with Crippen LogP contribution in [0, 0.1) is 5.41 Å². The molecule has 1 fully saturated rings. The molecular formula is C14H18N2O3S. The predicted molar refractivity (Wildman–Crippen MR) is 76.2 cm³/mol. The van der Waals surface area contributed by atoms with E-state index in [4.69, 9.17) is 5.11 Å². The monoisotopic (exact) mass is 294 g/mol. The van der Waals surface area contributed by atoms with Crippen molar-refractivity contribution in [3.8, 4) is 0 Å². The van der Waals surface area contributed by atoms with Crippen LogP contribution in [0.3, 0.4) is 0 Å². The van der Waals surface area contributed by atoms with E-state index >= 15 is 0 Å². The van der Waals surface area contributed by atoms with Gasteiger partial charge in [-0.1, -0.05) is 18.6 Å². The van der Waals surface area contributed by atoms with E-state index < -0.39 is 10.0 Å². The number of nitrogens with zero attached hydrogens (tertiary/aromatic N) is 1. The van der Waals surface area contributed by atoms with Crippen LogP contribution in [0.5, 0.6) is 0 Å². The van der Waals surface area contributed by atoms with Gasteiger partial charge in [0.2, 0.25) is 0 Å². The van der Waals surface area contributed by atoms with Crippen LogP contribution in [0.25, 0.3) is 0 Å². The second kappa shape index (κ2) is 4.86. The maximum atomic E-state index is 12.0. The molecule has 0 amide bonds. The van der Waals surface area contributed by atoms with E-state index in [0.29, 0.717) is 22.8 Å². The fourth-order valence-electron chi connectivity index (χ4n) is 2.90. The summed E-state index contributed by atoms with van der Waals surface area (Å²) in [6.07, 6.45) is 4.00. The van der Waals surface area contributed by atoms with Gasteiger partial charge in [0.1, 0.15) is 5.84 Å². The zero-order chi connectivity index (χ0) is 14.2. The number of nitrogens with one attached hydrogen (secondary N) is 1. The minimum absolute atomic E-state index is 0.0602. The summed E-state index contributed by atoms with van der Waals surface area (Å²) in [6, 6.07) is 6.88. The molecule has 6 heteroatoms. The van der Waals surface area contributed by atoms with E-state index in [0.717, 1.165) is 25.7 Å². The van der Waals surface area contributed by atoms with Crippen molar-refractivity contribution in [2.75, 3.05) is 13.2 Å². The fourth-order valence-corrected chi connectivity index (χ4v) is 4.15. The smallest absolute Gasteiger partial charge is 0.263 e. The molecule has 2 aliphatic rings. The standard InChI is InChI=1S/C14H18N2O3S/c17-9-8-14(6-3-7-14)10-15-13-11-4-1-2-5-12(11)20(18,19)16-13/h1-2,4-5,17H,3,6-10H2,(H,15,16). The Balaban J connectivity index is 1.87. The summed E-state index contributed by atoms with van der Waals surface area (Å²) in [5, 5.41) is 9.14. The Hall–Kier alpha value is -1.40. The number of fused-ring (bicyclic) bond motifs is 1. The molecule has 2 N–H and O–H groups in total. The van der Waals surface area contributed by atoms with E-state index in [2.05, 4.69) is 9.71 Å². The van der Waals surface area contributed by atoms with Gasteiger partial charge in [-0.2, -0.15) is 0 Å². The highest BCUT2D eigenvalue weighted by Crippen LogP contribution is 2.44. The number of benzene rings is 1. The molecule has 0 bridgehead atoms. The number of aliphatic hydroxyl groups excluding tert-OH is 1. The number of rotatable bonds is 4. The Labute approximate surface area is 118 Å². The number of amidine groups is 1. The minimum atomic E-state index is -3.45. The molecule has 0 atom stereocenters. The quantitative estimate of drug-likeness (QED) is 0.878. The number of sulfonamides is 1. The zero-order valence-electron chi connectivity index (χ0n) is 11.2. The lowest BCUT2D eigenvalue weighted by Crippen LogP contribution is -2.34. The van der Waals surface area contributed by atoms with Gasteiger partial charge < -0.3 is 5.11 Å². The third kappa shape index (κ3) is 2.23. The summed E-state index contributed by atoms with van der Waals surface area (Å²) in [4.78, 5) is 4.78. The van der Waals surface area contributed by atoms with Crippen molar-refractivity contribution >= 4 is 15.9 Å². The molecule has 1 aliphatic carbocycles. The largest absolute Gasteiger partial charge is 0.396 e. The highest BCUT2D eigenvalue weighted by molar-refractivity contribution is 7.90. The topological polar surface area (TPSA) is 78.8 Å². The summed E-state index contributed by atoms with van der Waals surface area (Å²) in [6.45, 7) is 0.729. The van der Waals surface area contributed by atoms with E-state index in [-0.39, 0.29) is 12.0 Å². The SMILES string of the molecule is O=S1(=O)NC(=NCC2(CCO)CCC2)c2ccccc21. The first-order valence-corrected chi connectivity index (χ1v) is 8.32. The van der Waals surface area contributed by atoms with Crippen molar-refractivity contribution in [3.05, 3.63) is 29.8 Å². The summed E-state index contributed by atoms with van der Waals surface area (Å²) in [5.41, 5.74) is 0.705. The lowest BCUT2D eigenvalue weighted by Gasteiger charge is -2.40. The highest BCUT2D eigenvalue weighted by atomic mass is 32.2. The summed E-state index contributed by atoms with van der Waals surface area (Å²) < 4.78 is 26.4. The second-order valence-corrected chi connectivity index (χ2v) is 7.24. The van der Waals surface area contributed by atoms with Crippen LogP contribution >= 0.6 is 0 Å². The van der Waals surface area contributed by atoms with Gasteiger partial charge in [-0.25, -0.2) is 8.42 Å². The molecule has 1 aromatic carbocycles. The van der Waals surface area contributed by atoms with Crippen molar-refractivity contribution in [1.82, 2.24) is 4.72 Å². The molecule has 20 heavy (non-hydrogen) atoms. The van der Waals surface area contributed by atoms with Gasteiger partial charge in [0.05, 0.1) is 4.90 Å². The molecule has 0 radical (unpaired) electrons. The molecular weight excluding hydrogens is 276 g/mol. The fraction of sp³-hybridized carbons (Fsp3) is 0.500. The van der Waals surface area contributed by atoms with Gasteiger partial charge in [-0.05, 0) is 36.8 Å². The Morgan fingerprint density at radius 2 is 2.05 bits per heavy atom. The third-order valence-corrected chi connectivity index (χ3v) is 5.69. The molecule has 0 aromatic heterocycles. The van der Waals surface area contributed by atoms with Crippen LogP contribution in [0.2, 0.25) is 0 Å². The third-order valence-electron chi connectivity index (χ3n) is 4.29. The van der Waals surface area contributed by atoms with Crippen LogP contribution in [-0.4, -0.2) is 32.5 Å². The maximum absolute atomic E-state index is 12.0. The molecule has 0 unspecified atom stereocenters. The van der Waals surface area contributed by atoms with Crippen molar-refractivity contribution in [2.24, 2.45) is 10.4 Å². The summed E-state index contributed by atoms with van der Waals surface area (Å²) in [7, 11) is -3.45. The van der Waals surface area contributed by atoms with Gasteiger partial charge in [0, 0.05) is 18.7 Å². The van der Waals surface area contributed by atoms with Gasteiger partial charge in [-0.3, -0.25) is 9.71 Å². The summed E-state index contributed by atoms with van der Waals surface area (Å²) >= 11 is 0. The van der Waals surface area contributed by atoms with Gasteiger partial charge in [0.15, 0.2) is 0 Å². The van der Waals surface area contributed by atoms with Crippen LogP contribution in [0.4, 0.5) is 0 Å². The van der Waals surface area contributed by atoms with Gasteiger partial charge in [-0.15, -0.1) is 0 Å². The predicted octanol–water partition coefficient (Wildman–Crippen LogP) is 1.28. The van der Waals surface area contributed by atoms with E-state index in [1.807, 2.05) is 6.07 Å². The van der Waals surface area contributed by atoms with E-state index in [9.17, 15) is 8.42 Å². The number of aliphatic imine (C=N–C) groups is 1. The van der Waals surface area contributed by atoms with Crippen molar-refractivity contribution in [2.45, 2.75) is 30.6 Å². The maximum Gasteiger partial charge on any atom is 0.263 e. The van der Waals surface area contributed by atoms with Crippen LogP contribution in [-0.2, 0) is 10.0 Å². The Bertz CT molecular complexity index is 648. The molecule has 1 heterocycles. The number of aliphatic hydroxyl groups is 1. The molecule has 1 aromatic rings. The first-order chi connectivity index (χ1) is 9.56. The lowest BCUT2D eigenvalue weighted by molar-refractivity contribution is 0.0974. The van der Waals surface area contributed by atoms with Crippen molar-refractivity contribution < 1.29 is 13.5 Å². The van der Waals surface area contributed by atoms with Crippen molar-refractivity contribution in [3.63, 3.8) is 0 Å². The Morgan fingerprint density at radius 3 is 2.70 bits per heavy atom.